The molecule has 1 aliphatic rings. The number of thiophene rings is 1. The van der Waals surface area contributed by atoms with E-state index in [1.807, 2.05) is 66.9 Å². The maximum absolute atomic E-state index is 13.4. The highest BCUT2D eigenvalue weighted by Crippen LogP contribution is 2.43. The van der Waals surface area contributed by atoms with Gasteiger partial charge < -0.3 is 10.2 Å². The van der Waals surface area contributed by atoms with Gasteiger partial charge in [0.1, 0.15) is 11.4 Å². The number of carbonyl (C=O) groups excluding carboxylic acids is 2. The first-order valence-corrected chi connectivity index (χ1v) is 11.8. The quantitative estimate of drug-likeness (QED) is 0.632. The number of amides is 2. The van der Waals surface area contributed by atoms with Crippen molar-refractivity contribution in [2.45, 2.75) is 24.8 Å². The lowest BCUT2D eigenvalue weighted by Gasteiger charge is -2.28. The van der Waals surface area contributed by atoms with Crippen molar-refractivity contribution >= 4 is 34.9 Å². The van der Waals surface area contributed by atoms with Gasteiger partial charge in [-0.15, -0.1) is 23.1 Å². The van der Waals surface area contributed by atoms with Crippen molar-refractivity contribution in [3.63, 3.8) is 0 Å². The number of benzene rings is 1. The van der Waals surface area contributed by atoms with Gasteiger partial charge in [-0.1, -0.05) is 29.8 Å². The standard InChI is InChI=1S/C23H23N3O2S2/c1-16-7-9-17(10-8-16)22(28)26-19(15-30-23(26)20-6-4-14-29-20)21(27)25-13-11-18-5-2-3-12-24-18/h2-10,12,14,19,23H,11,13,15H2,1H3,(H,25,27). The van der Waals surface area contributed by atoms with E-state index in [1.54, 1.807) is 34.2 Å². The summed E-state index contributed by atoms with van der Waals surface area (Å²) < 4.78 is 0. The third kappa shape index (κ3) is 4.57. The summed E-state index contributed by atoms with van der Waals surface area (Å²) in [5, 5.41) is 4.86. The largest absolute Gasteiger partial charge is 0.354 e. The van der Waals surface area contributed by atoms with Crippen molar-refractivity contribution in [1.29, 1.82) is 0 Å². The van der Waals surface area contributed by atoms with Crippen molar-refractivity contribution in [2.75, 3.05) is 12.3 Å². The molecule has 0 bridgehead atoms. The Labute approximate surface area is 184 Å². The zero-order valence-electron chi connectivity index (χ0n) is 16.7. The molecule has 0 aliphatic carbocycles. The first-order chi connectivity index (χ1) is 14.6. The maximum Gasteiger partial charge on any atom is 0.255 e. The predicted molar refractivity (Wildman–Crippen MR) is 122 cm³/mol. The number of thioether (sulfide) groups is 1. The zero-order chi connectivity index (χ0) is 20.9. The highest BCUT2D eigenvalue weighted by molar-refractivity contribution is 7.99. The van der Waals surface area contributed by atoms with E-state index < -0.39 is 6.04 Å². The second-order valence-corrected chi connectivity index (χ2v) is 9.25. The fraction of sp³-hybridized carbons (Fsp3) is 0.261. The summed E-state index contributed by atoms with van der Waals surface area (Å²) in [4.78, 5) is 33.5. The SMILES string of the molecule is Cc1ccc(C(=O)N2C(C(=O)NCCc3ccccn3)CSC2c2cccs2)cc1. The van der Waals surface area contributed by atoms with E-state index in [-0.39, 0.29) is 17.2 Å². The Morgan fingerprint density at radius 1 is 1.13 bits per heavy atom. The van der Waals surface area contributed by atoms with Crippen molar-refractivity contribution in [1.82, 2.24) is 15.2 Å². The number of carbonyl (C=O) groups is 2. The molecule has 1 saturated heterocycles. The summed E-state index contributed by atoms with van der Waals surface area (Å²) in [6.45, 7) is 2.49. The van der Waals surface area contributed by atoms with Crippen LogP contribution in [0.2, 0.25) is 0 Å². The van der Waals surface area contributed by atoms with Gasteiger partial charge in [0.15, 0.2) is 0 Å². The third-order valence-corrected chi connectivity index (χ3v) is 7.41. The third-order valence-electron chi connectivity index (χ3n) is 5.03. The van der Waals surface area contributed by atoms with E-state index >= 15 is 0 Å². The minimum absolute atomic E-state index is 0.108. The molecule has 1 aliphatic heterocycles. The van der Waals surface area contributed by atoms with E-state index in [4.69, 9.17) is 0 Å². The summed E-state index contributed by atoms with van der Waals surface area (Å²) in [5.74, 6) is 0.358. The molecule has 1 fully saturated rings. The number of rotatable bonds is 6. The lowest BCUT2D eigenvalue weighted by molar-refractivity contribution is -0.124. The zero-order valence-corrected chi connectivity index (χ0v) is 18.3. The van der Waals surface area contributed by atoms with Gasteiger partial charge in [0.2, 0.25) is 5.91 Å². The van der Waals surface area contributed by atoms with Crippen LogP contribution in [0.4, 0.5) is 0 Å². The van der Waals surface area contributed by atoms with E-state index in [0.717, 1.165) is 16.1 Å². The van der Waals surface area contributed by atoms with Crippen LogP contribution in [0, 0.1) is 6.92 Å². The molecule has 7 heteroatoms. The first-order valence-electron chi connectivity index (χ1n) is 9.85. The van der Waals surface area contributed by atoms with Gasteiger partial charge >= 0.3 is 0 Å². The van der Waals surface area contributed by atoms with E-state index in [1.165, 1.54) is 0 Å². The van der Waals surface area contributed by atoms with Crippen LogP contribution in [0.15, 0.2) is 66.2 Å². The molecule has 2 unspecified atom stereocenters. The molecule has 5 nitrogen and oxygen atoms in total. The molecule has 30 heavy (non-hydrogen) atoms. The van der Waals surface area contributed by atoms with E-state index in [9.17, 15) is 9.59 Å². The van der Waals surface area contributed by atoms with Crippen LogP contribution in [0.25, 0.3) is 0 Å². The molecule has 2 atom stereocenters. The average Bonchev–Trinajstić information content (AvgIpc) is 3.44. The summed E-state index contributed by atoms with van der Waals surface area (Å²) in [6, 6.07) is 16.8. The molecule has 0 saturated carbocycles. The van der Waals surface area contributed by atoms with Crippen LogP contribution < -0.4 is 5.32 Å². The van der Waals surface area contributed by atoms with Crippen LogP contribution >= 0.6 is 23.1 Å². The molecule has 2 aromatic heterocycles. The molecule has 0 spiro atoms. The number of pyridine rings is 1. The van der Waals surface area contributed by atoms with Crippen LogP contribution in [-0.4, -0.2) is 40.0 Å². The highest BCUT2D eigenvalue weighted by atomic mass is 32.2. The van der Waals surface area contributed by atoms with Gasteiger partial charge in [-0.05, 0) is 42.6 Å². The second-order valence-electron chi connectivity index (χ2n) is 7.16. The lowest BCUT2D eigenvalue weighted by atomic mass is 10.1. The summed E-state index contributed by atoms with van der Waals surface area (Å²) in [5.41, 5.74) is 2.64. The molecule has 1 aromatic carbocycles. The number of nitrogens with one attached hydrogen (secondary N) is 1. The molecule has 3 heterocycles. The van der Waals surface area contributed by atoms with Crippen molar-refractivity contribution in [3.8, 4) is 0 Å². The Balaban J connectivity index is 1.50. The van der Waals surface area contributed by atoms with E-state index in [2.05, 4.69) is 10.3 Å². The minimum Gasteiger partial charge on any atom is -0.354 e. The smallest absolute Gasteiger partial charge is 0.255 e. The van der Waals surface area contributed by atoms with Crippen LogP contribution in [0.3, 0.4) is 0 Å². The Morgan fingerprint density at radius 3 is 2.67 bits per heavy atom. The number of nitrogens with zero attached hydrogens (tertiary/aromatic N) is 2. The molecule has 4 rings (SSSR count). The highest BCUT2D eigenvalue weighted by Gasteiger charge is 2.42. The Hall–Kier alpha value is -2.64. The minimum atomic E-state index is -0.500. The predicted octanol–water partition coefficient (Wildman–Crippen LogP) is 4.07. The van der Waals surface area contributed by atoms with Crippen LogP contribution in [0.1, 0.15) is 31.9 Å². The fourth-order valence-corrected chi connectivity index (χ4v) is 5.82. The molecular weight excluding hydrogens is 414 g/mol. The van der Waals surface area contributed by atoms with Gasteiger partial charge in [0, 0.05) is 41.0 Å². The number of aromatic nitrogens is 1. The number of aryl methyl sites for hydroxylation is 1. The van der Waals surface area contributed by atoms with Gasteiger partial charge in [0.25, 0.3) is 5.91 Å². The average molecular weight is 438 g/mol. The molecule has 1 N–H and O–H groups in total. The number of hydrogen-bond acceptors (Lipinski definition) is 5. The van der Waals surface area contributed by atoms with Crippen LogP contribution in [-0.2, 0) is 11.2 Å². The Kier molecular flexibility index (Phi) is 6.50. The monoisotopic (exact) mass is 437 g/mol. The Bertz CT molecular complexity index is 991. The first kappa shape index (κ1) is 20.6. The van der Waals surface area contributed by atoms with Gasteiger partial charge in [-0.3, -0.25) is 14.6 Å². The normalized spacial score (nSPS) is 18.4. The van der Waals surface area contributed by atoms with Gasteiger partial charge in [0.05, 0.1) is 0 Å². The molecule has 154 valence electrons. The van der Waals surface area contributed by atoms with Crippen molar-refractivity contribution in [3.05, 3.63) is 87.9 Å². The lowest BCUT2D eigenvalue weighted by Crippen LogP contribution is -2.48. The van der Waals surface area contributed by atoms with Gasteiger partial charge in [-0.25, -0.2) is 0 Å². The van der Waals surface area contributed by atoms with Crippen molar-refractivity contribution < 1.29 is 9.59 Å². The molecule has 0 radical (unpaired) electrons. The number of hydrogen-bond donors (Lipinski definition) is 1. The Morgan fingerprint density at radius 2 is 1.97 bits per heavy atom. The fourth-order valence-electron chi connectivity index (χ4n) is 3.43. The summed E-state index contributed by atoms with van der Waals surface area (Å²) >= 11 is 3.26. The van der Waals surface area contributed by atoms with Gasteiger partial charge in [-0.2, -0.15) is 0 Å². The molecule has 3 aromatic rings. The van der Waals surface area contributed by atoms with E-state index in [0.29, 0.717) is 24.3 Å². The topological polar surface area (TPSA) is 62.3 Å². The summed E-state index contributed by atoms with van der Waals surface area (Å²) in [6.07, 6.45) is 2.41. The summed E-state index contributed by atoms with van der Waals surface area (Å²) in [7, 11) is 0. The maximum atomic E-state index is 13.4. The van der Waals surface area contributed by atoms with Crippen molar-refractivity contribution in [2.24, 2.45) is 0 Å². The molecule has 2 amide bonds. The molecular formula is C23H23N3O2S2. The van der Waals surface area contributed by atoms with Crippen LogP contribution in [0.5, 0.6) is 0 Å². The second kappa shape index (κ2) is 9.45.